The molecule has 112 valence electrons. The summed E-state index contributed by atoms with van der Waals surface area (Å²) < 4.78 is 5.25. The van der Waals surface area contributed by atoms with Gasteiger partial charge in [0.25, 0.3) is 5.91 Å². The van der Waals surface area contributed by atoms with E-state index < -0.39 is 0 Å². The van der Waals surface area contributed by atoms with Crippen LogP contribution in [-0.4, -0.2) is 28.2 Å². The van der Waals surface area contributed by atoms with E-state index in [4.69, 9.17) is 16.3 Å². The molecule has 0 aliphatic carbocycles. The minimum absolute atomic E-state index is 0.276. The number of amides is 1. The van der Waals surface area contributed by atoms with Gasteiger partial charge < -0.3 is 10.1 Å². The highest BCUT2D eigenvalue weighted by Crippen LogP contribution is 2.31. The fourth-order valence-corrected chi connectivity index (χ4v) is 2.30. The van der Waals surface area contributed by atoms with Crippen molar-refractivity contribution in [3.63, 3.8) is 0 Å². The number of fused-ring (bicyclic) bond motifs is 1. The van der Waals surface area contributed by atoms with Crippen LogP contribution in [0.5, 0.6) is 5.75 Å². The van der Waals surface area contributed by atoms with Gasteiger partial charge in [0.1, 0.15) is 5.75 Å². The molecule has 6 nitrogen and oxygen atoms in total. The molecule has 0 radical (unpaired) electrons. The van der Waals surface area contributed by atoms with Crippen molar-refractivity contribution in [3.8, 4) is 5.75 Å². The summed E-state index contributed by atoms with van der Waals surface area (Å²) in [5.41, 5.74) is 2.40. The number of pyridine rings is 1. The smallest absolute Gasteiger partial charge is 0.276 e. The van der Waals surface area contributed by atoms with Crippen LogP contribution in [0, 0.1) is 6.92 Å². The topological polar surface area (TPSA) is 79.9 Å². The Morgan fingerprint density at radius 3 is 3.00 bits per heavy atom. The van der Waals surface area contributed by atoms with E-state index in [1.54, 1.807) is 30.6 Å². The zero-order valence-electron chi connectivity index (χ0n) is 12.0. The molecule has 0 aliphatic heterocycles. The molecule has 0 saturated carbocycles. The number of carbonyl (C=O) groups excluding carboxylic acids is 1. The fraction of sp³-hybridized carbons (Fsp3) is 0.133. The number of nitrogens with zero attached hydrogens (tertiary/aromatic N) is 2. The molecule has 0 aliphatic rings. The number of benzene rings is 1. The number of aryl methyl sites for hydroxylation is 1. The first-order chi connectivity index (χ1) is 10.6. The summed E-state index contributed by atoms with van der Waals surface area (Å²) >= 11 is 6.06. The predicted molar refractivity (Wildman–Crippen MR) is 84.6 cm³/mol. The first kappa shape index (κ1) is 14.3. The Morgan fingerprint density at radius 2 is 2.23 bits per heavy atom. The SMILES string of the molecule is COc1cc(Cl)c(C)cc1NC(=O)c1n[nH]c2ccncc12. The molecule has 22 heavy (non-hydrogen) atoms. The molecule has 0 spiro atoms. The summed E-state index contributed by atoms with van der Waals surface area (Å²) in [6.07, 6.45) is 3.23. The van der Waals surface area contributed by atoms with Crippen molar-refractivity contribution >= 4 is 34.1 Å². The standard InChI is InChI=1S/C15H13ClN4O2/c1-8-5-12(13(22-2)6-10(8)16)18-15(21)14-9-7-17-4-3-11(9)19-20-14/h3-7H,1-2H3,(H,18,21)(H,19,20). The number of hydrogen-bond donors (Lipinski definition) is 2. The number of halogens is 1. The number of methoxy groups -OCH3 is 1. The number of anilines is 1. The Bertz CT molecular complexity index is 860. The van der Waals surface area contributed by atoms with Gasteiger partial charge in [0, 0.05) is 23.5 Å². The molecule has 0 unspecified atom stereocenters. The molecule has 7 heteroatoms. The largest absolute Gasteiger partial charge is 0.495 e. The van der Waals surface area contributed by atoms with Crippen LogP contribution in [0.1, 0.15) is 16.1 Å². The third kappa shape index (κ3) is 2.48. The summed E-state index contributed by atoms with van der Waals surface area (Å²) in [7, 11) is 1.52. The minimum atomic E-state index is -0.348. The maximum Gasteiger partial charge on any atom is 0.276 e. The summed E-state index contributed by atoms with van der Waals surface area (Å²) in [6.45, 7) is 1.85. The summed E-state index contributed by atoms with van der Waals surface area (Å²) in [6, 6.07) is 5.18. The van der Waals surface area contributed by atoms with Crippen molar-refractivity contribution in [2.45, 2.75) is 6.92 Å². The summed E-state index contributed by atoms with van der Waals surface area (Å²) in [5.74, 6) is 0.140. The van der Waals surface area contributed by atoms with E-state index in [9.17, 15) is 4.79 Å². The maximum atomic E-state index is 12.4. The number of ether oxygens (including phenoxy) is 1. The quantitative estimate of drug-likeness (QED) is 0.777. The molecule has 1 amide bonds. The van der Waals surface area contributed by atoms with Crippen molar-refractivity contribution in [1.82, 2.24) is 15.2 Å². The van der Waals surface area contributed by atoms with Gasteiger partial charge in [-0.2, -0.15) is 5.10 Å². The summed E-state index contributed by atoms with van der Waals surface area (Å²) in [5, 5.41) is 10.9. The van der Waals surface area contributed by atoms with Crippen molar-refractivity contribution in [1.29, 1.82) is 0 Å². The van der Waals surface area contributed by atoms with Crippen LogP contribution in [0.25, 0.3) is 10.9 Å². The molecule has 2 aromatic heterocycles. The van der Waals surface area contributed by atoms with E-state index in [1.807, 2.05) is 6.92 Å². The molecule has 0 saturated heterocycles. The highest BCUT2D eigenvalue weighted by Gasteiger charge is 2.17. The molecule has 2 heterocycles. The molecule has 1 aromatic carbocycles. The third-order valence-electron chi connectivity index (χ3n) is 3.31. The normalized spacial score (nSPS) is 10.7. The van der Waals surface area contributed by atoms with E-state index in [0.29, 0.717) is 21.8 Å². The van der Waals surface area contributed by atoms with E-state index in [0.717, 1.165) is 11.1 Å². The van der Waals surface area contributed by atoms with E-state index in [2.05, 4.69) is 20.5 Å². The van der Waals surface area contributed by atoms with Gasteiger partial charge >= 0.3 is 0 Å². The molecular weight excluding hydrogens is 304 g/mol. The van der Waals surface area contributed by atoms with Gasteiger partial charge in [0.05, 0.1) is 23.7 Å². The first-order valence-electron chi connectivity index (χ1n) is 6.53. The lowest BCUT2D eigenvalue weighted by molar-refractivity contribution is 0.102. The fourth-order valence-electron chi connectivity index (χ4n) is 2.14. The van der Waals surface area contributed by atoms with Crippen molar-refractivity contribution in [2.75, 3.05) is 12.4 Å². The van der Waals surface area contributed by atoms with Crippen LogP contribution in [0.4, 0.5) is 5.69 Å². The lowest BCUT2D eigenvalue weighted by Gasteiger charge is -2.11. The van der Waals surface area contributed by atoms with Crippen LogP contribution < -0.4 is 10.1 Å². The first-order valence-corrected chi connectivity index (χ1v) is 6.91. The Morgan fingerprint density at radius 1 is 1.41 bits per heavy atom. The van der Waals surface area contributed by atoms with Crippen LogP contribution in [0.15, 0.2) is 30.6 Å². The van der Waals surface area contributed by atoms with Crippen LogP contribution in [-0.2, 0) is 0 Å². The van der Waals surface area contributed by atoms with Gasteiger partial charge in [-0.25, -0.2) is 0 Å². The highest BCUT2D eigenvalue weighted by atomic mass is 35.5. The monoisotopic (exact) mass is 316 g/mol. The van der Waals surface area contributed by atoms with E-state index >= 15 is 0 Å². The Kier molecular flexibility index (Phi) is 3.68. The van der Waals surface area contributed by atoms with Gasteiger partial charge in [0.15, 0.2) is 5.69 Å². The van der Waals surface area contributed by atoms with Crippen molar-refractivity contribution in [3.05, 3.63) is 46.9 Å². The van der Waals surface area contributed by atoms with Gasteiger partial charge in [-0.1, -0.05) is 11.6 Å². The second-order valence-electron chi connectivity index (χ2n) is 4.75. The number of H-pyrrole nitrogens is 1. The highest BCUT2D eigenvalue weighted by molar-refractivity contribution is 6.31. The Balaban J connectivity index is 1.96. The molecule has 3 aromatic rings. The minimum Gasteiger partial charge on any atom is -0.495 e. The second-order valence-corrected chi connectivity index (χ2v) is 5.16. The number of aromatic nitrogens is 3. The van der Waals surface area contributed by atoms with Crippen molar-refractivity contribution in [2.24, 2.45) is 0 Å². The molecule has 0 atom stereocenters. The molecule has 2 N–H and O–H groups in total. The van der Waals surface area contributed by atoms with Crippen LogP contribution in [0.2, 0.25) is 5.02 Å². The van der Waals surface area contributed by atoms with Gasteiger partial charge in [-0.05, 0) is 24.6 Å². The van der Waals surface area contributed by atoms with E-state index in [-0.39, 0.29) is 11.6 Å². The Hall–Kier alpha value is -2.60. The zero-order valence-corrected chi connectivity index (χ0v) is 12.7. The van der Waals surface area contributed by atoms with Gasteiger partial charge in [0.2, 0.25) is 0 Å². The average Bonchev–Trinajstić information content (AvgIpc) is 2.94. The zero-order chi connectivity index (χ0) is 15.7. The average molecular weight is 317 g/mol. The number of carbonyl (C=O) groups is 1. The molecule has 3 rings (SSSR count). The third-order valence-corrected chi connectivity index (χ3v) is 3.72. The number of rotatable bonds is 3. The number of nitrogens with one attached hydrogen (secondary N) is 2. The van der Waals surface area contributed by atoms with Crippen LogP contribution >= 0.6 is 11.6 Å². The second kappa shape index (κ2) is 5.65. The number of aromatic amines is 1. The van der Waals surface area contributed by atoms with Gasteiger partial charge in [-0.15, -0.1) is 0 Å². The van der Waals surface area contributed by atoms with Crippen molar-refractivity contribution < 1.29 is 9.53 Å². The molecular formula is C15H13ClN4O2. The lowest BCUT2D eigenvalue weighted by Crippen LogP contribution is -2.13. The molecule has 0 fully saturated rings. The van der Waals surface area contributed by atoms with E-state index in [1.165, 1.54) is 7.11 Å². The summed E-state index contributed by atoms with van der Waals surface area (Å²) in [4.78, 5) is 16.5. The van der Waals surface area contributed by atoms with Crippen LogP contribution in [0.3, 0.4) is 0 Å². The maximum absolute atomic E-state index is 12.4. The number of hydrogen-bond acceptors (Lipinski definition) is 4. The lowest BCUT2D eigenvalue weighted by atomic mass is 10.2. The predicted octanol–water partition coefficient (Wildman–Crippen LogP) is 3.18. The Labute approximate surface area is 131 Å². The van der Waals surface area contributed by atoms with Gasteiger partial charge in [-0.3, -0.25) is 14.9 Å². The molecule has 0 bridgehead atoms.